The summed E-state index contributed by atoms with van der Waals surface area (Å²) in [6.07, 6.45) is -4.68. The van der Waals surface area contributed by atoms with Gasteiger partial charge < -0.3 is 4.74 Å². The Balaban J connectivity index is 2.56. The zero-order chi connectivity index (χ0) is 12.2. The summed E-state index contributed by atoms with van der Waals surface area (Å²) in [5.74, 6) is 0.624. The number of methoxy groups -OCH3 is 1. The van der Waals surface area contributed by atoms with Gasteiger partial charge in [-0.2, -0.15) is 13.2 Å². The van der Waals surface area contributed by atoms with E-state index in [-0.39, 0.29) is 12.3 Å². The van der Waals surface area contributed by atoms with Crippen molar-refractivity contribution in [3.8, 4) is 5.75 Å². The van der Waals surface area contributed by atoms with Gasteiger partial charge in [0.1, 0.15) is 5.75 Å². The smallest absolute Gasteiger partial charge is 0.389 e. The van der Waals surface area contributed by atoms with Crippen molar-refractivity contribution in [1.82, 2.24) is 0 Å². The van der Waals surface area contributed by atoms with E-state index in [2.05, 4.69) is 0 Å². The highest BCUT2D eigenvalue weighted by atomic mass is 19.4. The molecule has 0 radical (unpaired) electrons. The quantitative estimate of drug-likeness (QED) is 0.758. The minimum absolute atomic E-state index is 0.0902. The summed E-state index contributed by atoms with van der Waals surface area (Å²) in [4.78, 5) is 0. The molecular formula is C12H15F3O. The van der Waals surface area contributed by atoms with E-state index < -0.39 is 12.6 Å². The topological polar surface area (TPSA) is 9.23 Å². The SMILES string of the molecule is COc1ccc([C@H](C)CCC(F)(F)F)cc1. The van der Waals surface area contributed by atoms with Crippen molar-refractivity contribution >= 4 is 0 Å². The molecule has 1 atom stereocenters. The second-order valence-corrected chi connectivity index (χ2v) is 3.83. The van der Waals surface area contributed by atoms with Crippen molar-refractivity contribution in [2.75, 3.05) is 7.11 Å². The number of hydrogen-bond donors (Lipinski definition) is 0. The number of hydrogen-bond acceptors (Lipinski definition) is 1. The third kappa shape index (κ3) is 4.13. The summed E-state index contributed by atoms with van der Waals surface area (Å²) < 4.78 is 41.1. The molecule has 0 saturated heterocycles. The molecule has 0 aliphatic rings. The van der Waals surface area contributed by atoms with Gasteiger partial charge in [0.15, 0.2) is 0 Å². The molecule has 0 fully saturated rings. The van der Waals surface area contributed by atoms with Crippen LogP contribution in [0.2, 0.25) is 0 Å². The summed E-state index contributed by atoms with van der Waals surface area (Å²) in [6, 6.07) is 7.14. The molecule has 1 aromatic carbocycles. The van der Waals surface area contributed by atoms with E-state index in [0.717, 1.165) is 5.56 Å². The van der Waals surface area contributed by atoms with Gasteiger partial charge in [-0.3, -0.25) is 0 Å². The summed E-state index contributed by atoms with van der Waals surface area (Å²) in [7, 11) is 1.56. The molecule has 0 aromatic heterocycles. The monoisotopic (exact) mass is 232 g/mol. The summed E-state index contributed by atoms with van der Waals surface area (Å²) in [5.41, 5.74) is 0.907. The fourth-order valence-electron chi connectivity index (χ4n) is 1.48. The molecule has 16 heavy (non-hydrogen) atoms. The summed E-state index contributed by atoms with van der Waals surface area (Å²) in [6.45, 7) is 1.80. The molecule has 0 heterocycles. The summed E-state index contributed by atoms with van der Waals surface area (Å²) in [5, 5.41) is 0. The van der Waals surface area contributed by atoms with Gasteiger partial charge in [0, 0.05) is 6.42 Å². The van der Waals surface area contributed by atoms with E-state index in [0.29, 0.717) is 5.75 Å². The maximum atomic E-state index is 12.0. The molecule has 0 unspecified atom stereocenters. The minimum atomic E-state index is -4.07. The van der Waals surface area contributed by atoms with Crippen molar-refractivity contribution < 1.29 is 17.9 Å². The van der Waals surface area contributed by atoms with Crippen LogP contribution in [0, 0.1) is 0 Å². The van der Waals surface area contributed by atoms with E-state index in [1.165, 1.54) is 0 Å². The normalized spacial score (nSPS) is 13.6. The van der Waals surface area contributed by atoms with Crippen LogP contribution >= 0.6 is 0 Å². The van der Waals surface area contributed by atoms with Crippen LogP contribution in [-0.2, 0) is 0 Å². The summed E-state index contributed by atoms with van der Waals surface area (Å²) >= 11 is 0. The average Bonchev–Trinajstić information content (AvgIpc) is 2.25. The van der Waals surface area contributed by atoms with Gasteiger partial charge in [-0.25, -0.2) is 0 Å². The average molecular weight is 232 g/mol. The van der Waals surface area contributed by atoms with Crippen LogP contribution in [-0.4, -0.2) is 13.3 Å². The Kier molecular flexibility index (Phi) is 4.21. The van der Waals surface area contributed by atoms with Crippen LogP contribution in [0.3, 0.4) is 0 Å². The molecule has 0 saturated carbocycles. The Morgan fingerprint density at radius 1 is 1.19 bits per heavy atom. The van der Waals surface area contributed by atoms with Crippen molar-refractivity contribution in [3.63, 3.8) is 0 Å². The van der Waals surface area contributed by atoms with Gasteiger partial charge in [-0.15, -0.1) is 0 Å². The number of rotatable bonds is 4. The largest absolute Gasteiger partial charge is 0.497 e. The Bertz CT molecular complexity index is 316. The van der Waals surface area contributed by atoms with E-state index in [4.69, 9.17) is 4.74 Å². The predicted molar refractivity (Wildman–Crippen MR) is 56.7 cm³/mol. The fourth-order valence-corrected chi connectivity index (χ4v) is 1.48. The third-order valence-electron chi connectivity index (χ3n) is 2.55. The number of benzene rings is 1. The first kappa shape index (κ1) is 12.9. The van der Waals surface area contributed by atoms with Crippen molar-refractivity contribution in [2.24, 2.45) is 0 Å². The Morgan fingerprint density at radius 2 is 1.75 bits per heavy atom. The van der Waals surface area contributed by atoms with Gasteiger partial charge in [0.25, 0.3) is 0 Å². The molecule has 1 nitrogen and oxygen atoms in total. The highest BCUT2D eigenvalue weighted by Crippen LogP contribution is 2.29. The molecule has 1 rings (SSSR count). The molecular weight excluding hydrogens is 217 g/mol. The van der Waals surface area contributed by atoms with Crippen LogP contribution < -0.4 is 4.74 Å². The van der Waals surface area contributed by atoms with Crippen LogP contribution in [0.5, 0.6) is 5.75 Å². The second-order valence-electron chi connectivity index (χ2n) is 3.83. The Hall–Kier alpha value is -1.19. The Morgan fingerprint density at radius 3 is 2.19 bits per heavy atom. The molecule has 90 valence electrons. The first-order chi connectivity index (χ1) is 7.42. The maximum absolute atomic E-state index is 12.0. The zero-order valence-corrected chi connectivity index (χ0v) is 9.34. The van der Waals surface area contributed by atoms with E-state index in [1.54, 1.807) is 38.3 Å². The predicted octanol–water partition coefficient (Wildman–Crippen LogP) is 4.14. The van der Waals surface area contributed by atoms with Crippen molar-refractivity contribution in [3.05, 3.63) is 29.8 Å². The van der Waals surface area contributed by atoms with Crippen LogP contribution in [0.4, 0.5) is 13.2 Å². The third-order valence-corrected chi connectivity index (χ3v) is 2.55. The molecule has 0 N–H and O–H groups in total. The molecule has 0 aliphatic carbocycles. The number of halogens is 3. The van der Waals surface area contributed by atoms with Gasteiger partial charge in [-0.05, 0) is 30.0 Å². The number of ether oxygens (including phenoxy) is 1. The number of alkyl halides is 3. The molecule has 0 aliphatic heterocycles. The lowest BCUT2D eigenvalue weighted by molar-refractivity contribution is -0.136. The molecule has 0 bridgehead atoms. The first-order valence-electron chi connectivity index (χ1n) is 5.13. The van der Waals surface area contributed by atoms with Gasteiger partial charge in [0.05, 0.1) is 7.11 Å². The van der Waals surface area contributed by atoms with Crippen LogP contribution in [0.1, 0.15) is 31.2 Å². The van der Waals surface area contributed by atoms with E-state index in [9.17, 15) is 13.2 Å². The second kappa shape index (κ2) is 5.23. The lowest BCUT2D eigenvalue weighted by atomic mass is 9.96. The highest BCUT2D eigenvalue weighted by molar-refractivity contribution is 5.29. The first-order valence-corrected chi connectivity index (χ1v) is 5.13. The van der Waals surface area contributed by atoms with Crippen molar-refractivity contribution in [2.45, 2.75) is 31.9 Å². The fraction of sp³-hybridized carbons (Fsp3) is 0.500. The molecule has 1 aromatic rings. The zero-order valence-electron chi connectivity index (χ0n) is 9.34. The minimum Gasteiger partial charge on any atom is -0.497 e. The van der Waals surface area contributed by atoms with Crippen LogP contribution in [0.15, 0.2) is 24.3 Å². The lowest BCUT2D eigenvalue weighted by Gasteiger charge is -2.13. The van der Waals surface area contributed by atoms with Gasteiger partial charge in [-0.1, -0.05) is 19.1 Å². The molecule has 0 spiro atoms. The van der Waals surface area contributed by atoms with E-state index in [1.807, 2.05) is 0 Å². The maximum Gasteiger partial charge on any atom is 0.389 e. The van der Waals surface area contributed by atoms with E-state index >= 15 is 0 Å². The lowest BCUT2D eigenvalue weighted by Crippen LogP contribution is -2.08. The van der Waals surface area contributed by atoms with Gasteiger partial charge >= 0.3 is 6.18 Å². The van der Waals surface area contributed by atoms with Gasteiger partial charge in [0.2, 0.25) is 0 Å². The molecule has 4 heteroatoms. The Labute approximate surface area is 93.2 Å². The van der Waals surface area contributed by atoms with Crippen LogP contribution in [0.25, 0.3) is 0 Å². The standard InChI is InChI=1S/C12H15F3O/c1-9(7-8-12(13,14)15)10-3-5-11(16-2)6-4-10/h3-6,9H,7-8H2,1-2H3/t9-/m1/s1. The molecule has 0 amide bonds. The highest BCUT2D eigenvalue weighted by Gasteiger charge is 2.27. The van der Waals surface area contributed by atoms with Crippen molar-refractivity contribution in [1.29, 1.82) is 0 Å².